The van der Waals surface area contributed by atoms with Gasteiger partial charge in [-0.3, -0.25) is 9.36 Å². The highest BCUT2D eigenvalue weighted by atomic mass is 32.2. The Kier molecular flexibility index (Phi) is 4.24. The summed E-state index contributed by atoms with van der Waals surface area (Å²) >= 11 is 1.94. The smallest absolute Gasteiger partial charge is 0.255 e. The molecule has 0 unspecified atom stereocenters. The van der Waals surface area contributed by atoms with E-state index < -0.39 is 0 Å². The second kappa shape index (κ2) is 6.16. The topological polar surface area (TPSA) is 64.2 Å². The molecule has 1 fully saturated rings. The highest BCUT2D eigenvalue weighted by molar-refractivity contribution is 7.99. The molecule has 1 saturated heterocycles. The lowest BCUT2D eigenvalue weighted by atomic mass is 10.2. The summed E-state index contributed by atoms with van der Waals surface area (Å²) < 4.78 is 6.95. The first-order valence-corrected chi connectivity index (χ1v) is 8.54. The van der Waals surface area contributed by atoms with Gasteiger partial charge in [0, 0.05) is 41.9 Å². The molecule has 3 rings (SSSR count). The van der Waals surface area contributed by atoms with E-state index in [0.717, 1.165) is 53.3 Å². The molecule has 0 aromatic carbocycles. The van der Waals surface area contributed by atoms with E-state index in [2.05, 4.69) is 15.0 Å². The largest absolute Gasteiger partial charge is 0.361 e. The number of nitrogens with zero attached hydrogens (tertiary/aromatic N) is 4. The zero-order valence-electron chi connectivity index (χ0n) is 13.1. The van der Waals surface area contributed by atoms with Gasteiger partial charge < -0.3 is 9.42 Å². The Labute approximate surface area is 133 Å². The number of rotatable bonds is 3. The standard InChI is InChI=1S/C15H20N4O2S/c1-10-8-14(20)19(9-13-11(2)17-21-12(13)3)15(16-10)18-4-6-22-7-5-18/h8H,4-7,9H2,1-3H3. The van der Waals surface area contributed by atoms with Gasteiger partial charge in [0.15, 0.2) is 0 Å². The number of anilines is 1. The Morgan fingerprint density at radius 3 is 2.64 bits per heavy atom. The summed E-state index contributed by atoms with van der Waals surface area (Å²) in [4.78, 5) is 19.3. The van der Waals surface area contributed by atoms with Crippen LogP contribution in [-0.2, 0) is 6.54 Å². The fourth-order valence-corrected chi connectivity index (χ4v) is 3.55. The molecule has 2 aromatic heterocycles. The molecule has 3 heterocycles. The van der Waals surface area contributed by atoms with Gasteiger partial charge in [-0.1, -0.05) is 5.16 Å². The van der Waals surface area contributed by atoms with Crippen LogP contribution in [0, 0.1) is 20.8 Å². The van der Waals surface area contributed by atoms with Crippen molar-refractivity contribution in [3.8, 4) is 0 Å². The van der Waals surface area contributed by atoms with Crippen LogP contribution in [0.5, 0.6) is 0 Å². The molecule has 22 heavy (non-hydrogen) atoms. The summed E-state index contributed by atoms with van der Waals surface area (Å²) in [5.41, 5.74) is 2.51. The molecule has 0 saturated carbocycles. The van der Waals surface area contributed by atoms with Crippen molar-refractivity contribution in [2.24, 2.45) is 0 Å². The van der Waals surface area contributed by atoms with E-state index in [1.54, 1.807) is 10.6 Å². The monoisotopic (exact) mass is 320 g/mol. The molecule has 6 nitrogen and oxygen atoms in total. The van der Waals surface area contributed by atoms with Gasteiger partial charge in [-0.15, -0.1) is 0 Å². The maximum absolute atomic E-state index is 12.5. The van der Waals surface area contributed by atoms with Crippen molar-refractivity contribution in [1.29, 1.82) is 0 Å². The second-order valence-electron chi connectivity index (χ2n) is 5.52. The van der Waals surface area contributed by atoms with Gasteiger partial charge in [0.25, 0.3) is 5.56 Å². The van der Waals surface area contributed by atoms with Gasteiger partial charge >= 0.3 is 0 Å². The van der Waals surface area contributed by atoms with E-state index in [1.165, 1.54) is 0 Å². The molecule has 1 aliphatic heterocycles. The summed E-state index contributed by atoms with van der Waals surface area (Å²) in [7, 11) is 0. The number of hydrogen-bond acceptors (Lipinski definition) is 6. The summed E-state index contributed by atoms with van der Waals surface area (Å²) in [6.07, 6.45) is 0. The number of aryl methyl sites for hydroxylation is 3. The van der Waals surface area contributed by atoms with Crippen molar-refractivity contribution in [2.75, 3.05) is 29.5 Å². The zero-order valence-corrected chi connectivity index (χ0v) is 13.9. The van der Waals surface area contributed by atoms with Gasteiger partial charge in [0.2, 0.25) is 5.95 Å². The second-order valence-corrected chi connectivity index (χ2v) is 6.75. The molecule has 0 aliphatic carbocycles. The van der Waals surface area contributed by atoms with Crippen LogP contribution in [0.15, 0.2) is 15.4 Å². The maximum Gasteiger partial charge on any atom is 0.255 e. The van der Waals surface area contributed by atoms with Crippen LogP contribution < -0.4 is 10.5 Å². The number of hydrogen-bond donors (Lipinski definition) is 0. The lowest BCUT2D eigenvalue weighted by Crippen LogP contribution is -2.38. The normalized spacial score (nSPS) is 15.3. The Bertz CT molecular complexity index is 712. The molecule has 0 N–H and O–H groups in total. The lowest BCUT2D eigenvalue weighted by Gasteiger charge is -2.29. The van der Waals surface area contributed by atoms with Crippen LogP contribution in [0.25, 0.3) is 0 Å². The first-order chi connectivity index (χ1) is 10.6. The van der Waals surface area contributed by atoms with Crippen LogP contribution >= 0.6 is 11.8 Å². The van der Waals surface area contributed by atoms with Gasteiger partial charge in [-0.25, -0.2) is 4.98 Å². The van der Waals surface area contributed by atoms with Crippen LogP contribution in [0.3, 0.4) is 0 Å². The molecular formula is C15H20N4O2S. The first kappa shape index (κ1) is 15.1. The molecule has 7 heteroatoms. The van der Waals surface area contributed by atoms with Crippen LogP contribution in [-0.4, -0.2) is 39.3 Å². The Morgan fingerprint density at radius 1 is 1.27 bits per heavy atom. The van der Waals surface area contributed by atoms with Crippen molar-refractivity contribution in [1.82, 2.24) is 14.7 Å². The average Bonchev–Trinajstić information content (AvgIpc) is 2.82. The summed E-state index contributed by atoms with van der Waals surface area (Å²) in [5.74, 6) is 3.64. The molecule has 2 aromatic rings. The summed E-state index contributed by atoms with van der Waals surface area (Å²) in [6.45, 7) is 7.93. The van der Waals surface area contributed by atoms with Crippen LogP contribution in [0.4, 0.5) is 5.95 Å². The van der Waals surface area contributed by atoms with Crippen molar-refractivity contribution in [3.05, 3.63) is 39.1 Å². The van der Waals surface area contributed by atoms with Crippen molar-refractivity contribution >= 4 is 17.7 Å². The lowest BCUT2D eigenvalue weighted by molar-refractivity contribution is 0.392. The van der Waals surface area contributed by atoms with Gasteiger partial charge in [0.1, 0.15) is 5.76 Å². The average molecular weight is 320 g/mol. The van der Waals surface area contributed by atoms with Crippen LogP contribution in [0.1, 0.15) is 22.7 Å². The third-order valence-electron chi connectivity index (χ3n) is 3.91. The van der Waals surface area contributed by atoms with E-state index in [9.17, 15) is 4.79 Å². The zero-order chi connectivity index (χ0) is 15.7. The number of aromatic nitrogens is 3. The molecule has 118 valence electrons. The van der Waals surface area contributed by atoms with Crippen LogP contribution in [0.2, 0.25) is 0 Å². The first-order valence-electron chi connectivity index (χ1n) is 7.39. The quantitative estimate of drug-likeness (QED) is 0.858. The van der Waals surface area contributed by atoms with Crippen molar-refractivity contribution < 1.29 is 4.52 Å². The molecule has 0 radical (unpaired) electrons. The van der Waals surface area contributed by atoms with E-state index in [1.807, 2.05) is 32.5 Å². The van der Waals surface area contributed by atoms with Gasteiger partial charge in [-0.05, 0) is 20.8 Å². The third-order valence-corrected chi connectivity index (χ3v) is 4.85. The maximum atomic E-state index is 12.5. The summed E-state index contributed by atoms with van der Waals surface area (Å²) in [6, 6.07) is 1.58. The number of thioether (sulfide) groups is 1. The van der Waals surface area contributed by atoms with E-state index in [4.69, 9.17) is 4.52 Å². The molecule has 0 spiro atoms. The minimum Gasteiger partial charge on any atom is -0.361 e. The predicted octanol–water partition coefficient (Wildman–Crippen LogP) is 1.76. The van der Waals surface area contributed by atoms with Gasteiger partial charge in [0.05, 0.1) is 12.2 Å². The van der Waals surface area contributed by atoms with Crippen molar-refractivity contribution in [2.45, 2.75) is 27.3 Å². The third kappa shape index (κ3) is 2.90. The van der Waals surface area contributed by atoms with E-state index in [-0.39, 0.29) is 5.56 Å². The molecule has 0 bridgehead atoms. The SMILES string of the molecule is Cc1cc(=O)n(Cc2c(C)noc2C)c(N2CCSCC2)n1. The highest BCUT2D eigenvalue weighted by Crippen LogP contribution is 2.20. The Hall–Kier alpha value is -1.76. The molecular weight excluding hydrogens is 300 g/mol. The Balaban J connectivity index is 2.04. The minimum atomic E-state index is -0.0271. The molecule has 0 atom stereocenters. The summed E-state index contributed by atoms with van der Waals surface area (Å²) in [5, 5.41) is 3.97. The van der Waals surface area contributed by atoms with E-state index in [0.29, 0.717) is 6.54 Å². The van der Waals surface area contributed by atoms with E-state index >= 15 is 0 Å². The molecule has 1 aliphatic rings. The highest BCUT2D eigenvalue weighted by Gasteiger charge is 2.20. The van der Waals surface area contributed by atoms with Gasteiger partial charge in [-0.2, -0.15) is 11.8 Å². The minimum absolute atomic E-state index is 0.0271. The fourth-order valence-electron chi connectivity index (χ4n) is 2.64. The predicted molar refractivity (Wildman–Crippen MR) is 87.9 cm³/mol. The fraction of sp³-hybridized carbons (Fsp3) is 0.533. The molecule has 0 amide bonds. The van der Waals surface area contributed by atoms with Crippen molar-refractivity contribution in [3.63, 3.8) is 0 Å². The Morgan fingerprint density at radius 2 is 2.00 bits per heavy atom.